The first-order valence-electron chi connectivity index (χ1n) is 37.7. The Bertz CT molecular complexity index is 4680. The van der Waals surface area contributed by atoms with Crippen molar-refractivity contribution < 1.29 is 8.83 Å². The van der Waals surface area contributed by atoms with Crippen LogP contribution in [0.2, 0.25) is 0 Å². The number of nitrogens with zero attached hydrogens (tertiary/aromatic N) is 1. The lowest BCUT2D eigenvalue weighted by molar-refractivity contribution is 0.369. The average molecular weight is 1250 g/mol. The molecule has 0 atom stereocenters. The molecule has 15 rings (SSSR count). The van der Waals surface area contributed by atoms with Gasteiger partial charge in [-0.25, -0.2) is 0 Å². The van der Waals surface area contributed by atoms with E-state index < -0.39 is 0 Å². The summed E-state index contributed by atoms with van der Waals surface area (Å²) in [6.07, 6.45) is 30.0. The maximum atomic E-state index is 7.57. The van der Waals surface area contributed by atoms with Crippen LogP contribution >= 0.6 is 0 Å². The molecule has 0 N–H and O–H groups in total. The van der Waals surface area contributed by atoms with Gasteiger partial charge in [-0.1, -0.05) is 281 Å². The van der Waals surface area contributed by atoms with Gasteiger partial charge >= 0.3 is 0 Å². The third kappa shape index (κ3) is 10.1. The van der Waals surface area contributed by atoms with Gasteiger partial charge in [0.1, 0.15) is 22.3 Å². The second-order valence-corrected chi connectivity index (χ2v) is 30.9. The fraction of sp³-hybridized carbons (Fsp3) is 0.413. The molecule has 0 saturated carbocycles. The molecule has 9 aromatic carbocycles. The number of furan rings is 2. The summed E-state index contributed by atoms with van der Waals surface area (Å²) in [5, 5.41) is 5.03. The maximum Gasteiger partial charge on any atom is 0.144 e. The summed E-state index contributed by atoms with van der Waals surface area (Å²) in [5.74, 6) is 0. The summed E-state index contributed by atoms with van der Waals surface area (Å²) in [4.78, 5) is 2.70. The molecule has 2 aromatic heterocycles. The lowest BCUT2D eigenvalue weighted by Crippen LogP contribution is -2.33. The number of benzene rings is 9. The van der Waals surface area contributed by atoms with Crippen LogP contribution in [0.25, 0.3) is 88.4 Å². The Morgan fingerprint density at radius 1 is 0.326 bits per heavy atom. The molecule has 488 valence electrons. The topological polar surface area (TPSA) is 29.5 Å². The third-order valence-electron chi connectivity index (χ3n) is 24.2. The fourth-order valence-electron chi connectivity index (χ4n) is 19.5. The molecule has 3 nitrogen and oxygen atoms in total. The van der Waals surface area contributed by atoms with E-state index in [9.17, 15) is 0 Å². The van der Waals surface area contributed by atoms with E-state index in [-0.39, 0.29) is 21.7 Å². The molecule has 3 heteroatoms. The van der Waals surface area contributed by atoms with Crippen LogP contribution in [0.4, 0.5) is 17.1 Å². The van der Waals surface area contributed by atoms with Crippen LogP contribution in [-0.4, -0.2) is 0 Å². The number of anilines is 3. The van der Waals surface area contributed by atoms with Crippen molar-refractivity contribution in [3.8, 4) is 44.5 Å². The van der Waals surface area contributed by atoms with Crippen LogP contribution in [0.3, 0.4) is 0 Å². The van der Waals surface area contributed by atoms with E-state index in [0.717, 1.165) is 35.2 Å². The van der Waals surface area contributed by atoms with Crippen molar-refractivity contribution in [1.82, 2.24) is 0 Å². The quantitative estimate of drug-likeness (QED) is 0.0481. The van der Waals surface area contributed by atoms with Crippen molar-refractivity contribution in [2.75, 3.05) is 4.90 Å². The number of unbranched alkanes of at least 4 members (excludes halogenated alkanes) is 16. The summed E-state index contributed by atoms with van der Waals surface area (Å²) in [7, 11) is 0. The van der Waals surface area contributed by atoms with Gasteiger partial charge in [0.2, 0.25) is 0 Å². The Balaban J connectivity index is 0.959. The highest BCUT2D eigenvalue weighted by Gasteiger charge is 2.54. The Morgan fingerprint density at radius 3 is 1.40 bits per heavy atom. The minimum Gasteiger partial charge on any atom is -0.456 e. The highest BCUT2D eigenvalue weighted by molar-refractivity contribution is 6.21. The zero-order valence-corrected chi connectivity index (χ0v) is 59.2. The van der Waals surface area contributed by atoms with Crippen LogP contribution in [0.1, 0.15) is 265 Å². The van der Waals surface area contributed by atoms with Crippen LogP contribution in [0.5, 0.6) is 0 Å². The van der Waals surface area contributed by atoms with E-state index in [4.69, 9.17) is 8.83 Å². The standard InChI is InChI=1S/C92H103NO2/c1-11-15-19-23-33-52-91(53-34-24-20-16-12-2)71-43-30-27-40-65(71)84-86(91)85-82(83-68-42-29-32-45-78(68)95-88(83)84)66-49-47-63(57-76(66)92(85,54-35-25-21-17-13-3)55-36-26-22-18-14-4)93(87-60(5)38-37-39-61(87)6)62-46-48-64-69-58-75-70(59-74(69)90(9,10)73(64)56-62)80-72(89(75,7)8)50-51-79-81(80)67-41-28-31-44-77(67)94-79/h27-32,37-51,56-59H,11-26,33-36,52-55H2,1-10H3. The van der Waals surface area contributed by atoms with Crippen molar-refractivity contribution >= 4 is 60.9 Å². The molecule has 0 unspecified atom stereocenters. The third-order valence-corrected chi connectivity index (χ3v) is 24.2. The van der Waals surface area contributed by atoms with Gasteiger partial charge in [0.15, 0.2) is 0 Å². The van der Waals surface area contributed by atoms with Crippen LogP contribution < -0.4 is 4.90 Å². The molecular weight excluding hydrogens is 1150 g/mol. The van der Waals surface area contributed by atoms with Crippen molar-refractivity contribution in [3.05, 3.63) is 207 Å². The molecule has 0 radical (unpaired) electrons. The summed E-state index contributed by atoms with van der Waals surface area (Å²) in [6, 6.07) is 59.7. The zero-order valence-electron chi connectivity index (χ0n) is 59.2. The van der Waals surface area contributed by atoms with Crippen LogP contribution in [-0.2, 0) is 21.7 Å². The van der Waals surface area contributed by atoms with Crippen molar-refractivity contribution in [3.63, 3.8) is 0 Å². The molecule has 4 aliphatic carbocycles. The Morgan fingerprint density at radius 2 is 0.789 bits per heavy atom. The highest BCUT2D eigenvalue weighted by Crippen LogP contribution is 2.68. The Labute approximate surface area is 568 Å². The van der Waals surface area contributed by atoms with Gasteiger partial charge in [0.05, 0.1) is 5.69 Å². The first-order chi connectivity index (χ1) is 46.3. The highest BCUT2D eigenvalue weighted by atomic mass is 16.3. The van der Waals surface area contributed by atoms with Gasteiger partial charge in [-0.15, -0.1) is 0 Å². The first-order valence-corrected chi connectivity index (χ1v) is 37.7. The maximum absolute atomic E-state index is 7.57. The molecule has 11 aromatic rings. The molecular formula is C92H103NO2. The second-order valence-electron chi connectivity index (χ2n) is 30.9. The average Bonchev–Trinajstić information content (AvgIpc) is 1.50. The summed E-state index contributed by atoms with van der Waals surface area (Å²) in [6.45, 7) is 24.0. The van der Waals surface area contributed by atoms with E-state index in [1.54, 1.807) is 22.3 Å². The Hall–Kier alpha value is -7.62. The molecule has 0 amide bonds. The SMILES string of the molecule is CCCCCCCC1(CCCCCCC)c2ccccc2-c2c1c1c(c3c2oc2ccccc23)-c2ccc(N(c3ccc4c(c3)C(C)(C)c3cc5c(cc3-4)C(C)(C)c3ccc4oc6ccccc6c4c3-5)c3c(C)cccc3C)cc2C1(CCCCCCC)CCCCCCC. The van der Waals surface area contributed by atoms with Gasteiger partial charge in [-0.05, 0) is 189 Å². The van der Waals surface area contributed by atoms with E-state index in [1.807, 2.05) is 0 Å². The minimum atomic E-state index is -0.277. The van der Waals surface area contributed by atoms with E-state index in [2.05, 4.69) is 226 Å². The van der Waals surface area contributed by atoms with Gasteiger partial charge in [-0.2, -0.15) is 0 Å². The molecule has 2 heterocycles. The molecule has 0 fully saturated rings. The number of hydrogen-bond donors (Lipinski definition) is 0. The Kier molecular flexibility index (Phi) is 17.0. The van der Waals surface area contributed by atoms with Crippen molar-refractivity contribution in [2.45, 2.75) is 245 Å². The lowest BCUT2D eigenvalue weighted by Gasteiger charge is -2.40. The fourth-order valence-corrected chi connectivity index (χ4v) is 19.5. The number of rotatable bonds is 27. The smallest absolute Gasteiger partial charge is 0.144 e. The molecule has 0 aliphatic heterocycles. The van der Waals surface area contributed by atoms with E-state index in [1.165, 1.54) is 258 Å². The summed E-state index contributed by atoms with van der Waals surface area (Å²) < 4.78 is 14.2. The number of fused-ring (bicyclic) bond motifs is 22. The van der Waals surface area contributed by atoms with Gasteiger partial charge in [0, 0.05) is 60.1 Å². The summed E-state index contributed by atoms with van der Waals surface area (Å²) in [5.41, 5.74) is 32.7. The minimum absolute atomic E-state index is 0.138. The number of hydrogen-bond acceptors (Lipinski definition) is 3. The van der Waals surface area contributed by atoms with Gasteiger partial charge < -0.3 is 13.7 Å². The van der Waals surface area contributed by atoms with Crippen LogP contribution in [0.15, 0.2) is 160 Å². The van der Waals surface area contributed by atoms with Crippen LogP contribution in [0, 0.1) is 13.8 Å². The molecule has 0 saturated heterocycles. The van der Waals surface area contributed by atoms with E-state index >= 15 is 0 Å². The van der Waals surface area contributed by atoms with Gasteiger partial charge in [0.25, 0.3) is 0 Å². The number of aryl methyl sites for hydroxylation is 2. The van der Waals surface area contributed by atoms with Crippen molar-refractivity contribution in [1.29, 1.82) is 0 Å². The zero-order chi connectivity index (χ0) is 65.4. The number of para-hydroxylation sites is 3. The second kappa shape index (κ2) is 25.4. The molecule has 95 heavy (non-hydrogen) atoms. The molecule has 0 spiro atoms. The first kappa shape index (κ1) is 63.4. The largest absolute Gasteiger partial charge is 0.456 e. The molecule has 0 bridgehead atoms. The molecule has 4 aliphatic rings. The predicted molar refractivity (Wildman–Crippen MR) is 406 cm³/mol. The monoisotopic (exact) mass is 1250 g/mol. The van der Waals surface area contributed by atoms with Crippen molar-refractivity contribution in [2.24, 2.45) is 0 Å². The predicted octanol–water partition coefficient (Wildman–Crippen LogP) is 28.2. The lowest BCUT2D eigenvalue weighted by atomic mass is 9.62. The van der Waals surface area contributed by atoms with E-state index in [0.29, 0.717) is 0 Å². The van der Waals surface area contributed by atoms with Gasteiger partial charge in [-0.3, -0.25) is 0 Å². The summed E-state index contributed by atoms with van der Waals surface area (Å²) >= 11 is 0. The normalized spacial score (nSPS) is 15.3.